The lowest BCUT2D eigenvalue weighted by Crippen LogP contribution is -2.64. The zero-order valence-electron chi connectivity index (χ0n) is 36.7. The second-order valence-corrected chi connectivity index (χ2v) is 17.3. The first-order chi connectivity index (χ1) is 28.9. The summed E-state index contributed by atoms with van der Waals surface area (Å²) in [6, 6.07) is 0. The summed E-state index contributed by atoms with van der Waals surface area (Å²) in [6.07, 6.45) is 28.8. The minimum Gasteiger partial charge on any atom is -0.462 e. The number of unbranched alkanes of at least 4 members (excludes halogenated alkanes) is 17. The average molecular weight is 873 g/mol. The van der Waals surface area contributed by atoms with Crippen molar-refractivity contribution in [2.24, 2.45) is 0 Å². The number of phosphoric acid groups is 1. The molecule has 348 valence electrons. The molecule has 1 saturated carbocycles. The number of aliphatic hydroxyl groups is 5. The Labute approximate surface area is 360 Å². The Morgan fingerprint density at radius 1 is 0.517 bits per heavy atom. The first-order valence-electron chi connectivity index (χ1n) is 22.9. The van der Waals surface area contributed by atoms with Crippen LogP contribution in [0.2, 0.25) is 0 Å². The van der Waals surface area contributed by atoms with E-state index in [9.17, 15) is 44.6 Å². The Morgan fingerprint density at radius 3 is 1.45 bits per heavy atom. The van der Waals surface area contributed by atoms with Crippen LogP contribution in [0, 0.1) is 0 Å². The van der Waals surface area contributed by atoms with Crippen LogP contribution in [0.4, 0.5) is 0 Å². The van der Waals surface area contributed by atoms with Crippen molar-refractivity contribution >= 4 is 19.8 Å². The van der Waals surface area contributed by atoms with Crippen molar-refractivity contribution < 1.29 is 63.1 Å². The number of hydrogen-bond donors (Lipinski definition) is 6. The molecule has 0 aromatic heterocycles. The Bertz CT molecular complexity index is 1240. The first-order valence-corrected chi connectivity index (χ1v) is 24.4. The summed E-state index contributed by atoms with van der Waals surface area (Å²) < 4.78 is 33.5. The molecule has 1 aliphatic carbocycles. The van der Waals surface area contributed by atoms with Gasteiger partial charge in [0, 0.05) is 12.8 Å². The van der Waals surface area contributed by atoms with Gasteiger partial charge in [-0.3, -0.25) is 18.6 Å². The van der Waals surface area contributed by atoms with E-state index in [0.717, 1.165) is 70.6 Å². The lowest BCUT2D eigenvalue weighted by atomic mass is 9.85. The van der Waals surface area contributed by atoms with Crippen molar-refractivity contribution in [2.45, 2.75) is 217 Å². The quantitative estimate of drug-likeness (QED) is 0.0149. The molecule has 14 heteroatoms. The molecule has 6 unspecified atom stereocenters. The van der Waals surface area contributed by atoms with Crippen LogP contribution in [0.25, 0.3) is 0 Å². The first kappa shape index (κ1) is 55.8. The average Bonchev–Trinajstić information content (AvgIpc) is 3.23. The smallest absolute Gasteiger partial charge is 0.462 e. The van der Waals surface area contributed by atoms with E-state index >= 15 is 0 Å². The van der Waals surface area contributed by atoms with E-state index in [2.05, 4.69) is 62.5 Å². The van der Waals surface area contributed by atoms with Crippen molar-refractivity contribution in [3.63, 3.8) is 0 Å². The molecular formula is C46H81O13P. The number of rotatable bonds is 37. The third kappa shape index (κ3) is 28.4. The van der Waals surface area contributed by atoms with Crippen molar-refractivity contribution in [1.29, 1.82) is 0 Å². The van der Waals surface area contributed by atoms with Gasteiger partial charge in [-0.25, -0.2) is 4.57 Å². The lowest BCUT2D eigenvalue weighted by Gasteiger charge is -2.41. The molecule has 13 nitrogen and oxygen atoms in total. The molecule has 0 amide bonds. The molecular weight excluding hydrogens is 791 g/mol. The minimum absolute atomic E-state index is 0.0453. The van der Waals surface area contributed by atoms with Crippen LogP contribution in [0.1, 0.15) is 174 Å². The summed E-state index contributed by atoms with van der Waals surface area (Å²) in [5, 5.41) is 50.1. The second-order valence-electron chi connectivity index (χ2n) is 15.9. The Hall–Kier alpha value is -2.19. The monoisotopic (exact) mass is 873 g/mol. The van der Waals surface area contributed by atoms with Gasteiger partial charge in [0.1, 0.15) is 43.2 Å². The number of phosphoric ester groups is 1. The number of ether oxygens (including phenoxy) is 2. The van der Waals surface area contributed by atoms with Crippen LogP contribution in [0.15, 0.2) is 48.6 Å². The highest BCUT2D eigenvalue weighted by Gasteiger charge is 2.51. The largest absolute Gasteiger partial charge is 0.472 e. The summed E-state index contributed by atoms with van der Waals surface area (Å²) in [4.78, 5) is 35.7. The van der Waals surface area contributed by atoms with E-state index in [1.807, 2.05) is 0 Å². The molecule has 1 aliphatic rings. The number of carbonyl (C=O) groups excluding carboxylic acids is 2. The third-order valence-corrected chi connectivity index (χ3v) is 11.4. The van der Waals surface area contributed by atoms with Gasteiger partial charge in [0.05, 0.1) is 6.61 Å². The molecule has 0 saturated heterocycles. The van der Waals surface area contributed by atoms with Crippen LogP contribution in [-0.2, 0) is 32.7 Å². The fourth-order valence-electron chi connectivity index (χ4n) is 6.64. The molecule has 0 bridgehead atoms. The van der Waals surface area contributed by atoms with Gasteiger partial charge in [-0.1, -0.05) is 133 Å². The molecule has 0 aliphatic heterocycles. The SMILES string of the molecule is CCCCC/C=C\C/C=C\C/C=C\CCCCC(=O)O[C@H](COC(=O)CCCCCCC/C=C\CCCCCCCCC)COP(=O)(O)OC1C(O)C(O)C(O)[C@@H](O)C1O. The lowest BCUT2D eigenvalue weighted by molar-refractivity contribution is -0.220. The molecule has 0 heterocycles. The molecule has 0 aromatic carbocycles. The summed E-state index contributed by atoms with van der Waals surface area (Å²) in [5.41, 5.74) is 0. The van der Waals surface area contributed by atoms with E-state index in [-0.39, 0.29) is 12.8 Å². The number of hydrogen-bond acceptors (Lipinski definition) is 12. The second kappa shape index (κ2) is 36.3. The Balaban J connectivity index is 2.50. The highest BCUT2D eigenvalue weighted by Crippen LogP contribution is 2.47. The molecule has 1 rings (SSSR count). The summed E-state index contributed by atoms with van der Waals surface area (Å²) in [6.45, 7) is 3.22. The fourth-order valence-corrected chi connectivity index (χ4v) is 7.61. The standard InChI is InChI=1S/C46H81O13P/c1-3-5-7-9-11-13-15-17-19-21-22-24-26-28-30-32-34-39(47)56-36-38(37-57-60(54,55)59-46-44(52)42(50)41(49)43(51)45(46)53)58-40(48)35-33-31-29-27-25-23-20-18-16-14-12-10-8-6-4-2/h12,14,18-21,25,27,38,41-46,49-53H,3-11,13,15-17,22-24,26,28-37H2,1-2H3,(H,54,55)/b14-12-,20-18-,21-19-,27-25-/t38-,41?,42-,43?,44?,45?,46?/m1/s1. The van der Waals surface area contributed by atoms with Crippen LogP contribution in [-0.4, -0.2) is 98.3 Å². The molecule has 1 fully saturated rings. The van der Waals surface area contributed by atoms with E-state index in [4.69, 9.17) is 18.5 Å². The summed E-state index contributed by atoms with van der Waals surface area (Å²) in [7, 11) is -5.13. The van der Waals surface area contributed by atoms with Crippen LogP contribution < -0.4 is 0 Å². The van der Waals surface area contributed by atoms with Gasteiger partial charge < -0.3 is 39.9 Å². The minimum atomic E-state index is -5.13. The summed E-state index contributed by atoms with van der Waals surface area (Å²) >= 11 is 0. The van der Waals surface area contributed by atoms with Crippen LogP contribution >= 0.6 is 7.82 Å². The maximum Gasteiger partial charge on any atom is 0.472 e. The normalized spacial score (nSPS) is 22.6. The molecule has 0 aromatic rings. The van der Waals surface area contributed by atoms with Gasteiger partial charge in [0.15, 0.2) is 6.10 Å². The van der Waals surface area contributed by atoms with Gasteiger partial charge in [0.2, 0.25) is 0 Å². The molecule has 0 radical (unpaired) electrons. The van der Waals surface area contributed by atoms with E-state index in [0.29, 0.717) is 12.8 Å². The molecule has 0 spiro atoms. The Kier molecular flexibility index (Phi) is 33.8. The number of allylic oxidation sites excluding steroid dienone is 8. The maximum atomic E-state index is 12.8. The molecule has 60 heavy (non-hydrogen) atoms. The highest BCUT2D eigenvalue weighted by atomic mass is 31.2. The predicted octanol–water partition coefficient (Wildman–Crippen LogP) is 8.78. The van der Waals surface area contributed by atoms with Crippen molar-refractivity contribution in [1.82, 2.24) is 0 Å². The van der Waals surface area contributed by atoms with Gasteiger partial charge in [-0.2, -0.15) is 0 Å². The van der Waals surface area contributed by atoms with Crippen molar-refractivity contribution in [3.8, 4) is 0 Å². The fraction of sp³-hybridized carbons (Fsp3) is 0.783. The van der Waals surface area contributed by atoms with Gasteiger partial charge in [-0.05, 0) is 77.0 Å². The molecule has 8 atom stereocenters. The predicted molar refractivity (Wildman–Crippen MR) is 235 cm³/mol. The van der Waals surface area contributed by atoms with E-state index in [1.165, 1.54) is 64.2 Å². The van der Waals surface area contributed by atoms with E-state index in [1.54, 1.807) is 0 Å². The van der Waals surface area contributed by atoms with Crippen LogP contribution in [0.5, 0.6) is 0 Å². The van der Waals surface area contributed by atoms with E-state index < -0.39 is 75.7 Å². The molecule has 6 N–H and O–H groups in total. The van der Waals surface area contributed by atoms with Gasteiger partial charge in [-0.15, -0.1) is 0 Å². The zero-order chi connectivity index (χ0) is 44.3. The van der Waals surface area contributed by atoms with Crippen LogP contribution in [0.3, 0.4) is 0 Å². The van der Waals surface area contributed by atoms with Gasteiger partial charge in [0.25, 0.3) is 0 Å². The third-order valence-electron chi connectivity index (χ3n) is 10.4. The number of aliphatic hydroxyl groups excluding tert-OH is 5. The maximum absolute atomic E-state index is 12.8. The number of carbonyl (C=O) groups is 2. The topological polar surface area (TPSA) is 210 Å². The van der Waals surface area contributed by atoms with Crippen molar-refractivity contribution in [2.75, 3.05) is 13.2 Å². The van der Waals surface area contributed by atoms with Crippen molar-refractivity contribution in [3.05, 3.63) is 48.6 Å². The zero-order valence-corrected chi connectivity index (χ0v) is 37.6. The Morgan fingerprint density at radius 2 is 0.900 bits per heavy atom. The highest BCUT2D eigenvalue weighted by molar-refractivity contribution is 7.47. The van der Waals surface area contributed by atoms with Gasteiger partial charge >= 0.3 is 19.8 Å². The summed E-state index contributed by atoms with van der Waals surface area (Å²) in [5.74, 6) is -1.16. The number of esters is 2.